The molecule has 0 heterocycles. The standard InChI is InChI=1S/C18H21NO3/c1-2-21-18(20)17(19)15-9-6-10-16(13-15)22-12-11-14-7-4-3-5-8-14/h3-10,13,17H,2,11-12,19H2,1H3. The molecule has 22 heavy (non-hydrogen) atoms. The van der Waals surface area contributed by atoms with Crippen molar-refractivity contribution in [2.75, 3.05) is 13.2 Å². The zero-order valence-corrected chi connectivity index (χ0v) is 12.7. The van der Waals surface area contributed by atoms with E-state index in [0.29, 0.717) is 24.5 Å². The summed E-state index contributed by atoms with van der Waals surface area (Å²) in [5.74, 6) is 0.275. The summed E-state index contributed by atoms with van der Waals surface area (Å²) in [5.41, 5.74) is 7.80. The van der Waals surface area contributed by atoms with Crippen LogP contribution in [0.25, 0.3) is 0 Å². The van der Waals surface area contributed by atoms with Gasteiger partial charge in [-0.15, -0.1) is 0 Å². The molecule has 4 heteroatoms. The molecular formula is C18H21NO3. The first-order valence-electron chi connectivity index (χ1n) is 7.39. The van der Waals surface area contributed by atoms with Gasteiger partial charge in [-0.2, -0.15) is 0 Å². The monoisotopic (exact) mass is 299 g/mol. The van der Waals surface area contributed by atoms with E-state index in [1.165, 1.54) is 5.56 Å². The lowest BCUT2D eigenvalue weighted by atomic mass is 10.1. The third kappa shape index (κ3) is 4.60. The van der Waals surface area contributed by atoms with Crippen molar-refractivity contribution in [3.63, 3.8) is 0 Å². The fraction of sp³-hybridized carbons (Fsp3) is 0.278. The van der Waals surface area contributed by atoms with Crippen LogP contribution < -0.4 is 10.5 Å². The summed E-state index contributed by atoms with van der Waals surface area (Å²) in [5, 5.41) is 0. The highest BCUT2D eigenvalue weighted by molar-refractivity contribution is 5.77. The molecule has 2 N–H and O–H groups in total. The highest BCUT2D eigenvalue weighted by Crippen LogP contribution is 2.19. The molecule has 2 aromatic carbocycles. The number of esters is 1. The Bertz CT molecular complexity index is 598. The maximum Gasteiger partial charge on any atom is 0.327 e. The third-order valence-electron chi connectivity index (χ3n) is 3.26. The summed E-state index contributed by atoms with van der Waals surface area (Å²) >= 11 is 0. The summed E-state index contributed by atoms with van der Waals surface area (Å²) in [4.78, 5) is 11.7. The van der Waals surface area contributed by atoms with Gasteiger partial charge < -0.3 is 15.2 Å². The Kier molecular flexibility index (Phi) is 5.98. The summed E-state index contributed by atoms with van der Waals surface area (Å²) in [6.45, 7) is 2.65. The second-order valence-electron chi connectivity index (χ2n) is 4.89. The number of carbonyl (C=O) groups is 1. The van der Waals surface area contributed by atoms with E-state index in [1.54, 1.807) is 19.1 Å². The smallest absolute Gasteiger partial charge is 0.327 e. The average Bonchev–Trinajstić information content (AvgIpc) is 2.56. The van der Waals surface area contributed by atoms with E-state index in [1.807, 2.05) is 30.3 Å². The Morgan fingerprint density at radius 2 is 1.91 bits per heavy atom. The van der Waals surface area contributed by atoms with E-state index in [9.17, 15) is 4.79 Å². The zero-order valence-electron chi connectivity index (χ0n) is 12.7. The second kappa shape index (κ2) is 8.20. The quantitative estimate of drug-likeness (QED) is 0.799. The Balaban J connectivity index is 1.92. The number of ether oxygens (including phenoxy) is 2. The number of benzene rings is 2. The number of hydrogen-bond acceptors (Lipinski definition) is 4. The van der Waals surface area contributed by atoms with Crippen molar-refractivity contribution in [1.82, 2.24) is 0 Å². The third-order valence-corrected chi connectivity index (χ3v) is 3.26. The van der Waals surface area contributed by atoms with Gasteiger partial charge in [0.15, 0.2) is 0 Å². The molecule has 2 aromatic rings. The lowest BCUT2D eigenvalue weighted by Gasteiger charge is -2.12. The number of hydrogen-bond donors (Lipinski definition) is 1. The van der Waals surface area contributed by atoms with E-state index < -0.39 is 12.0 Å². The van der Waals surface area contributed by atoms with Crippen molar-refractivity contribution >= 4 is 5.97 Å². The Morgan fingerprint density at radius 1 is 1.14 bits per heavy atom. The molecule has 4 nitrogen and oxygen atoms in total. The van der Waals surface area contributed by atoms with Gasteiger partial charge in [0.2, 0.25) is 0 Å². The fourth-order valence-corrected chi connectivity index (χ4v) is 2.10. The van der Waals surface area contributed by atoms with Crippen LogP contribution in [0.1, 0.15) is 24.1 Å². The van der Waals surface area contributed by atoms with E-state index in [-0.39, 0.29) is 0 Å². The summed E-state index contributed by atoms with van der Waals surface area (Å²) in [6, 6.07) is 16.6. The van der Waals surface area contributed by atoms with Gasteiger partial charge in [-0.1, -0.05) is 42.5 Å². The highest BCUT2D eigenvalue weighted by Gasteiger charge is 2.17. The number of rotatable bonds is 7. The molecule has 0 fully saturated rings. The predicted molar refractivity (Wildman–Crippen MR) is 85.6 cm³/mol. The molecule has 0 aromatic heterocycles. The number of nitrogens with two attached hydrogens (primary N) is 1. The molecule has 0 aliphatic carbocycles. The van der Waals surface area contributed by atoms with E-state index in [2.05, 4.69) is 12.1 Å². The van der Waals surface area contributed by atoms with Crippen molar-refractivity contribution in [2.24, 2.45) is 5.73 Å². The van der Waals surface area contributed by atoms with Gasteiger partial charge in [0, 0.05) is 6.42 Å². The molecule has 0 bridgehead atoms. The van der Waals surface area contributed by atoms with Crippen LogP contribution in [-0.4, -0.2) is 19.2 Å². The molecule has 0 radical (unpaired) electrons. The normalized spacial score (nSPS) is 11.7. The van der Waals surface area contributed by atoms with Crippen LogP contribution in [0.15, 0.2) is 54.6 Å². The lowest BCUT2D eigenvalue weighted by molar-refractivity contribution is -0.144. The maximum atomic E-state index is 11.7. The van der Waals surface area contributed by atoms with Gasteiger partial charge in [0.1, 0.15) is 11.8 Å². The Hall–Kier alpha value is -2.33. The number of carbonyl (C=O) groups excluding carboxylic acids is 1. The molecule has 0 aliphatic heterocycles. The van der Waals surface area contributed by atoms with Crippen molar-refractivity contribution in [1.29, 1.82) is 0 Å². The second-order valence-corrected chi connectivity index (χ2v) is 4.89. The SMILES string of the molecule is CCOC(=O)C(N)c1cccc(OCCc2ccccc2)c1. The van der Waals surface area contributed by atoms with E-state index in [4.69, 9.17) is 15.2 Å². The van der Waals surface area contributed by atoms with Gasteiger partial charge in [0.05, 0.1) is 13.2 Å². The molecule has 0 saturated heterocycles. The molecule has 116 valence electrons. The van der Waals surface area contributed by atoms with Gasteiger partial charge in [-0.05, 0) is 30.2 Å². The molecule has 1 unspecified atom stereocenters. The summed E-state index contributed by atoms with van der Waals surface area (Å²) < 4.78 is 10.7. The molecule has 0 amide bonds. The maximum absolute atomic E-state index is 11.7. The fourth-order valence-electron chi connectivity index (χ4n) is 2.10. The first kappa shape index (κ1) is 16.0. The van der Waals surface area contributed by atoms with Crippen LogP contribution in [0.3, 0.4) is 0 Å². The summed E-state index contributed by atoms with van der Waals surface area (Å²) in [7, 11) is 0. The Morgan fingerprint density at radius 3 is 2.64 bits per heavy atom. The van der Waals surface area contributed by atoms with Crippen LogP contribution in [0, 0.1) is 0 Å². The molecule has 0 spiro atoms. The molecular weight excluding hydrogens is 278 g/mol. The minimum Gasteiger partial charge on any atom is -0.493 e. The average molecular weight is 299 g/mol. The van der Waals surface area contributed by atoms with Crippen molar-refractivity contribution < 1.29 is 14.3 Å². The topological polar surface area (TPSA) is 61.5 Å². The van der Waals surface area contributed by atoms with Crippen LogP contribution in [-0.2, 0) is 16.0 Å². The first-order valence-corrected chi connectivity index (χ1v) is 7.39. The van der Waals surface area contributed by atoms with E-state index in [0.717, 1.165) is 6.42 Å². The van der Waals surface area contributed by atoms with Crippen LogP contribution in [0.4, 0.5) is 0 Å². The van der Waals surface area contributed by atoms with Crippen molar-refractivity contribution in [3.8, 4) is 5.75 Å². The zero-order chi connectivity index (χ0) is 15.8. The van der Waals surface area contributed by atoms with Gasteiger partial charge in [-0.25, -0.2) is 4.79 Å². The van der Waals surface area contributed by atoms with Gasteiger partial charge in [0.25, 0.3) is 0 Å². The summed E-state index contributed by atoms with van der Waals surface area (Å²) in [6.07, 6.45) is 0.828. The predicted octanol–water partition coefficient (Wildman–Crippen LogP) is 2.87. The highest BCUT2D eigenvalue weighted by atomic mass is 16.5. The first-order chi connectivity index (χ1) is 10.7. The van der Waals surface area contributed by atoms with Crippen molar-refractivity contribution in [2.45, 2.75) is 19.4 Å². The van der Waals surface area contributed by atoms with Crippen LogP contribution in [0.2, 0.25) is 0 Å². The minimum atomic E-state index is -0.780. The largest absolute Gasteiger partial charge is 0.493 e. The van der Waals surface area contributed by atoms with E-state index >= 15 is 0 Å². The molecule has 0 aliphatic rings. The molecule has 2 rings (SSSR count). The molecule has 0 saturated carbocycles. The van der Waals surface area contributed by atoms with Gasteiger partial charge >= 0.3 is 5.97 Å². The lowest BCUT2D eigenvalue weighted by Crippen LogP contribution is -2.23. The minimum absolute atomic E-state index is 0.319. The Labute approximate surface area is 130 Å². The van der Waals surface area contributed by atoms with Gasteiger partial charge in [-0.3, -0.25) is 0 Å². The van der Waals surface area contributed by atoms with Crippen LogP contribution >= 0.6 is 0 Å². The van der Waals surface area contributed by atoms with Crippen LogP contribution in [0.5, 0.6) is 5.75 Å². The molecule has 1 atom stereocenters. The van der Waals surface area contributed by atoms with Crippen molar-refractivity contribution in [3.05, 3.63) is 65.7 Å².